The van der Waals surface area contributed by atoms with Crippen LogP contribution in [0.3, 0.4) is 0 Å². The van der Waals surface area contributed by atoms with E-state index in [4.69, 9.17) is 33.3 Å². The lowest BCUT2D eigenvalue weighted by atomic mass is 10.2. The van der Waals surface area contributed by atoms with Gasteiger partial charge in [0.15, 0.2) is 5.11 Å². The van der Waals surface area contributed by atoms with Crippen molar-refractivity contribution in [2.45, 2.75) is 24.0 Å². The molecule has 178 valence electrons. The molecular formula is C25H26ClN3O3S2. The predicted molar refractivity (Wildman–Crippen MR) is 146 cm³/mol. The normalized spacial score (nSPS) is 11.3. The summed E-state index contributed by atoms with van der Waals surface area (Å²) >= 11 is 13.0. The minimum absolute atomic E-state index is 0.142. The van der Waals surface area contributed by atoms with Crippen LogP contribution in [0.2, 0.25) is 5.02 Å². The smallest absolute Gasteiger partial charge is 0.237 e. The number of benzene rings is 3. The highest BCUT2D eigenvalue weighted by Gasteiger charge is 2.17. The van der Waals surface area contributed by atoms with Crippen LogP contribution in [0.5, 0.6) is 11.5 Å². The number of amides is 1. The summed E-state index contributed by atoms with van der Waals surface area (Å²) in [4.78, 5) is 13.8. The number of thiocarbonyl (C=S) groups is 1. The number of halogens is 1. The van der Waals surface area contributed by atoms with Crippen molar-refractivity contribution in [3.05, 3.63) is 71.2 Å². The predicted octanol–water partition coefficient (Wildman–Crippen LogP) is 6.59. The lowest BCUT2D eigenvalue weighted by Crippen LogP contribution is -2.23. The Morgan fingerprint density at radius 3 is 2.41 bits per heavy atom. The Labute approximate surface area is 214 Å². The van der Waals surface area contributed by atoms with Gasteiger partial charge in [-0.3, -0.25) is 4.79 Å². The molecule has 0 aliphatic rings. The third-order valence-corrected chi connectivity index (χ3v) is 6.57. The fourth-order valence-corrected chi connectivity index (χ4v) is 4.41. The molecule has 0 aliphatic heterocycles. The molecule has 0 heterocycles. The van der Waals surface area contributed by atoms with Gasteiger partial charge >= 0.3 is 0 Å². The van der Waals surface area contributed by atoms with E-state index >= 15 is 0 Å². The summed E-state index contributed by atoms with van der Waals surface area (Å²) in [6.07, 6.45) is 0. The maximum Gasteiger partial charge on any atom is 0.237 e. The Bertz CT molecular complexity index is 1190. The van der Waals surface area contributed by atoms with Crippen LogP contribution in [-0.2, 0) is 4.79 Å². The lowest BCUT2D eigenvalue weighted by Gasteiger charge is -2.16. The largest absolute Gasteiger partial charge is 0.495 e. The molecule has 0 bridgehead atoms. The minimum atomic E-state index is -0.352. The Balaban J connectivity index is 1.63. The van der Waals surface area contributed by atoms with Gasteiger partial charge in [0.2, 0.25) is 5.91 Å². The van der Waals surface area contributed by atoms with Crippen molar-refractivity contribution in [2.24, 2.45) is 0 Å². The molecular weight excluding hydrogens is 490 g/mol. The average Bonchev–Trinajstić information content (AvgIpc) is 2.81. The van der Waals surface area contributed by atoms with Gasteiger partial charge in [-0.1, -0.05) is 29.8 Å². The van der Waals surface area contributed by atoms with Crippen LogP contribution < -0.4 is 25.4 Å². The van der Waals surface area contributed by atoms with Gasteiger partial charge in [0.05, 0.1) is 30.8 Å². The van der Waals surface area contributed by atoms with E-state index in [0.717, 1.165) is 21.8 Å². The molecule has 0 aromatic heterocycles. The highest BCUT2D eigenvalue weighted by Crippen LogP contribution is 2.32. The van der Waals surface area contributed by atoms with Crippen molar-refractivity contribution in [3.63, 3.8) is 0 Å². The standard InChI is InChI=1S/C25H26ClN3O3S2/c1-15-12-21(23(32-4)14-19(15)26)28-24(30)16(2)34-18-9-7-8-17(13-18)27-25(33)29-20-10-5-6-11-22(20)31-3/h5-14,16H,1-4H3,(H,28,30)(H2,27,29,33). The number of ether oxygens (including phenoxy) is 2. The molecule has 3 N–H and O–H groups in total. The maximum atomic E-state index is 12.8. The van der Waals surface area contributed by atoms with Crippen molar-refractivity contribution in [3.8, 4) is 11.5 Å². The zero-order valence-electron chi connectivity index (χ0n) is 19.3. The molecule has 0 fully saturated rings. The molecule has 9 heteroatoms. The molecule has 0 radical (unpaired) electrons. The van der Waals surface area contributed by atoms with E-state index in [1.54, 1.807) is 26.4 Å². The first-order chi connectivity index (χ1) is 16.3. The third kappa shape index (κ3) is 6.79. The fraction of sp³-hybridized carbons (Fsp3) is 0.200. The van der Waals surface area contributed by atoms with Crippen molar-refractivity contribution in [1.82, 2.24) is 0 Å². The summed E-state index contributed by atoms with van der Waals surface area (Å²) in [5.74, 6) is 1.07. The van der Waals surface area contributed by atoms with Crippen LogP contribution in [-0.4, -0.2) is 30.5 Å². The molecule has 0 saturated carbocycles. The number of nitrogens with one attached hydrogen (secondary N) is 3. The van der Waals surface area contributed by atoms with Gasteiger partial charge in [0, 0.05) is 21.7 Å². The van der Waals surface area contributed by atoms with E-state index in [-0.39, 0.29) is 11.2 Å². The van der Waals surface area contributed by atoms with Crippen LogP contribution in [0.15, 0.2) is 65.6 Å². The van der Waals surface area contributed by atoms with E-state index in [2.05, 4.69) is 16.0 Å². The molecule has 0 spiro atoms. The summed E-state index contributed by atoms with van der Waals surface area (Å²) in [6.45, 7) is 3.73. The molecule has 6 nitrogen and oxygen atoms in total. The molecule has 3 rings (SSSR count). The quantitative estimate of drug-likeness (QED) is 0.231. The number of anilines is 3. The Morgan fingerprint density at radius 1 is 0.941 bits per heavy atom. The van der Waals surface area contributed by atoms with E-state index in [1.807, 2.05) is 62.4 Å². The van der Waals surface area contributed by atoms with Gasteiger partial charge in [-0.05, 0) is 68.0 Å². The lowest BCUT2D eigenvalue weighted by molar-refractivity contribution is -0.115. The Hall–Kier alpha value is -2.94. The minimum Gasteiger partial charge on any atom is -0.495 e. The summed E-state index contributed by atoms with van der Waals surface area (Å²) in [6, 6.07) is 18.7. The Morgan fingerprint density at radius 2 is 1.68 bits per heavy atom. The third-order valence-electron chi connectivity index (χ3n) is 4.87. The molecule has 3 aromatic carbocycles. The zero-order chi connectivity index (χ0) is 24.7. The van der Waals surface area contributed by atoms with Gasteiger partial charge < -0.3 is 25.4 Å². The topological polar surface area (TPSA) is 71.6 Å². The van der Waals surface area contributed by atoms with E-state index < -0.39 is 0 Å². The molecule has 1 amide bonds. The van der Waals surface area contributed by atoms with Crippen molar-refractivity contribution in [1.29, 1.82) is 0 Å². The number of hydrogen-bond donors (Lipinski definition) is 3. The van der Waals surface area contributed by atoms with Gasteiger partial charge in [-0.2, -0.15) is 0 Å². The van der Waals surface area contributed by atoms with Crippen molar-refractivity contribution in [2.75, 3.05) is 30.2 Å². The second kappa shape index (κ2) is 12.0. The first-order valence-corrected chi connectivity index (χ1v) is 12.1. The highest BCUT2D eigenvalue weighted by atomic mass is 35.5. The van der Waals surface area contributed by atoms with Crippen LogP contribution in [0.25, 0.3) is 0 Å². The van der Waals surface area contributed by atoms with E-state index in [0.29, 0.717) is 27.3 Å². The zero-order valence-corrected chi connectivity index (χ0v) is 21.7. The number of carbonyl (C=O) groups excluding carboxylic acids is 1. The summed E-state index contributed by atoms with van der Waals surface area (Å²) in [5.41, 5.74) is 3.02. The second-order valence-electron chi connectivity index (χ2n) is 7.36. The number of thioether (sulfide) groups is 1. The van der Waals surface area contributed by atoms with Gasteiger partial charge in [-0.25, -0.2) is 0 Å². The maximum absolute atomic E-state index is 12.8. The summed E-state index contributed by atoms with van der Waals surface area (Å²) in [5, 5.41) is 9.91. The molecule has 1 atom stereocenters. The van der Waals surface area contributed by atoms with Gasteiger partial charge in [0.25, 0.3) is 0 Å². The van der Waals surface area contributed by atoms with Crippen LogP contribution in [0.1, 0.15) is 12.5 Å². The SMILES string of the molecule is COc1cc(Cl)c(C)cc1NC(=O)C(C)Sc1cccc(NC(=S)Nc2ccccc2OC)c1. The Kier molecular flexibility index (Phi) is 9.04. The number of hydrogen-bond acceptors (Lipinski definition) is 5. The molecule has 0 aliphatic carbocycles. The highest BCUT2D eigenvalue weighted by molar-refractivity contribution is 8.00. The molecule has 1 unspecified atom stereocenters. The number of para-hydroxylation sites is 2. The van der Waals surface area contributed by atoms with Crippen molar-refractivity contribution >= 4 is 63.7 Å². The monoisotopic (exact) mass is 515 g/mol. The first kappa shape index (κ1) is 25.7. The van der Waals surface area contributed by atoms with E-state index in [9.17, 15) is 4.79 Å². The number of rotatable bonds is 8. The average molecular weight is 516 g/mol. The summed E-state index contributed by atoms with van der Waals surface area (Å²) < 4.78 is 10.7. The van der Waals surface area contributed by atoms with Gasteiger partial charge in [0.1, 0.15) is 11.5 Å². The number of aryl methyl sites for hydroxylation is 1. The second-order valence-corrected chi connectivity index (χ2v) is 9.59. The van der Waals surface area contributed by atoms with Crippen LogP contribution in [0, 0.1) is 6.92 Å². The number of methoxy groups -OCH3 is 2. The fourth-order valence-electron chi connectivity index (χ4n) is 3.10. The molecule has 0 saturated heterocycles. The van der Waals surface area contributed by atoms with Crippen LogP contribution in [0.4, 0.5) is 17.1 Å². The van der Waals surface area contributed by atoms with Gasteiger partial charge in [-0.15, -0.1) is 11.8 Å². The summed E-state index contributed by atoms with van der Waals surface area (Å²) in [7, 11) is 3.15. The molecule has 34 heavy (non-hydrogen) atoms. The number of carbonyl (C=O) groups is 1. The molecule has 3 aromatic rings. The van der Waals surface area contributed by atoms with Crippen LogP contribution >= 0.6 is 35.6 Å². The first-order valence-electron chi connectivity index (χ1n) is 10.4. The van der Waals surface area contributed by atoms with E-state index in [1.165, 1.54) is 11.8 Å². The van der Waals surface area contributed by atoms with Crippen molar-refractivity contribution < 1.29 is 14.3 Å².